The highest BCUT2D eigenvalue weighted by atomic mass is 19.1. The summed E-state index contributed by atoms with van der Waals surface area (Å²) in [4.78, 5) is 2.45. The van der Waals surface area contributed by atoms with E-state index in [1.165, 1.54) is 11.6 Å². The van der Waals surface area contributed by atoms with Crippen molar-refractivity contribution in [1.82, 2.24) is 14.7 Å². The molecule has 4 rings (SSSR count). The monoisotopic (exact) mass is 481 g/mol. The van der Waals surface area contributed by atoms with Crippen LogP contribution < -0.4 is 9.47 Å². The van der Waals surface area contributed by atoms with E-state index in [2.05, 4.69) is 22.1 Å². The molecule has 35 heavy (non-hydrogen) atoms. The zero-order chi connectivity index (χ0) is 24.5. The Hall–Kier alpha value is -2.90. The number of hydrogen-bond donors (Lipinski definition) is 0. The molecule has 7 heteroatoms. The molecule has 0 aliphatic carbocycles. The summed E-state index contributed by atoms with van der Waals surface area (Å²) in [6, 6.07) is 16.9. The number of likely N-dealkylation sites (tertiary alicyclic amines) is 1. The highest BCUT2D eigenvalue weighted by Gasteiger charge is 2.34. The Bertz CT molecular complexity index is 1060. The summed E-state index contributed by atoms with van der Waals surface area (Å²) in [5.41, 5.74) is 1.90. The van der Waals surface area contributed by atoms with Crippen LogP contribution in [-0.4, -0.2) is 53.7 Å². The van der Waals surface area contributed by atoms with Crippen molar-refractivity contribution in [2.75, 3.05) is 33.4 Å². The minimum absolute atomic E-state index is 0.281. The molecule has 1 aliphatic rings. The maximum Gasteiger partial charge on any atom is 0.165 e. The van der Waals surface area contributed by atoms with Crippen LogP contribution in [-0.2, 0) is 17.8 Å². The Morgan fingerprint density at radius 2 is 1.83 bits per heavy atom. The highest BCUT2D eigenvalue weighted by Crippen LogP contribution is 2.29. The van der Waals surface area contributed by atoms with E-state index < -0.39 is 5.60 Å². The SMILES string of the molecule is CO[C@]1(COc2ccccc2F)CCCN(Cc2ccc(OCCCn3ccc(C)n3)cc2)CC1. The molecule has 0 saturated carbocycles. The van der Waals surface area contributed by atoms with E-state index in [0.29, 0.717) is 13.2 Å². The molecule has 2 heterocycles. The molecule has 1 aromatic heterocycles. The predicted molar refractivity (Wildman–Crippen MR) is 134 cm³/mol. The second-order valence-electron chi connectivity index (χ2n) is 9.30. The van der Waals surface area contributed by atoms with E-state index in [1.807, 2.05) is 36.0 Å². The smallest absolute Gasteiger partial charge is 0.165 e. The zero-order valence-electron chi connectivity index (χ0n) is 20.8. The summed E-state index contributed by atoms with van der Waals surface area (Å²) in [6.45, 7) is 6.65. The third-order valence-corrected chi connectivity index (χ3v) is 6.65. The van der Waals surface area contributed by atoms with Gasteiger partial charge >= 0.3 is 0 Å². The summed E-state index contributed by atoms with van der Waals surface area (Å²) in [5, 5.41) is 4.40. The van der Waals surface area contributed by atoms with Crippen molar-refractivity contribution in [3.63, 3.8) is 0 Å². The Morgan fingerprint density at radius 3 is 2.57 bits per heavy atom. The first-order valence-electron chi connectivity index (χ1n) is 12.4. The summed E-state index contributed by atoms with van der Waals surface area (Å²) in [5.74, 6) is 0.836. The molecule has 0 amide bonds. The molecule has 1 atom stereocenters. The number of benzene rings is 2. The van der Waals surface area contributed by atoms with Gasteiger partial charge in [0, 0.05) is 39.4 Å². The van der Waals surface area contributed by atoms with Crippen molar-refractivity contribution in [1.29, 1.82) is 0 Å². The van der Waals surface area contributed by atoms with Crippen LogP contribution in [0.15, 0.2) is 60.8 Å². The third kappa shape index (κ3) is 7.29. The van der Waals surface area contributed by atoms with Crippen molar-refractivity contribution in [3.05, 3.63) is 77.9 Å². The van der Waals surface area contributed by atoms with Crippen molar-refractivity contribution in [2.24, 2.45) is 0 Å². The number of aromatic nitrogens is 2. The van der Waals surface area contributed by atoms with Crippen molar-refractivity contribution in [2.45, 2.75) is 51.3 Å². The summed E-state index contributed by atoms with van der Waals surface area (Å²) >= 11 is 0. The standard InChI is InChI=1S/C28H36FN3O3/c1-23-13-18-32(30-23)17-6-20-34-25-11-9-24(10-12-25)21-31-16-5-14-28(33-2,15-19-31)22-35-27-8-4-3-7-26(27)29/h3-4,7-13,18H,5-6,14-17,19-22H2,1-2H3/t28-/m1/s1. The van der Waals surface area contributed by atoms with Crippen LogP contribution in [0, 0.1) is 12.7 Å². The quantitative estimate of drug-likeness (QED) is 0.350. The van der Waals surface area contributed by atoms with Crippen molar-refractivity contribution >= 4 is 0 Å². The molecular formula is C28H36FN3O3. The lowest BCUT2D eigenvalue weighted by atomic mass is 9.95. The van der Waals surface area contributed by atoms with Gasteiger partial charge in [-0.1, -0.05) is 24.3 Å². The average Bonchev–Trinajstić information content (AvgIpc) is 3.18. The van der Waals surface area contributed by atoms with Gasteiger partial charge in [-0.25, -0.2) is 4.39 Å². The van der Waals surface area contributed by atoms with Crippen LogP contribution in [0.5, 0.6) is 11.5 Å². The Balaban J connectivity index is 1.22. The summed E-state index contributed by atoms with van der Waals surface area (Å²) in [7, 11) is 1.73. The molecule has 0 bridgehead atoms. The molecule has 0 radical (unpaired) electrons. The number of para-hydroxylation sites is 1. The molecule has 2 aromatic carbocycles. The lowest BCUT2D eigenvalue weighted by molar-refractivity contribution is -0.0548. The molecule has 0 N–H and O–H groups in total. The normalized spacial score (nSPS) is 18.8. The van der Waals surface area contributed by atoms with Gasteiger partial charge in [0.15, 0.2) is 11.6 Å². The number of methoxy groups -OCH3 is 1. The maximum atomic E-state index is 14.0. The van der Waals surface area contributed by atoms with Gasteiger partial charge in [0.05, 0.1) is 12.3 Å². The van der Waals surface area contributed by atoms with Crippen LogP contribution in [0.2, 0.25) is 0 Å². The first-order valence-corrected chi connectivity index (χ1v) is 12.4. The largest absolute Gasteiger partial charge is 0.494 e. The molecule has 1 aliphatic heterocycles. The molecule has 3 aromatic rings. The average molecular weight is 482 g/mol. The van der Waals surface area contributed by atoms with Crippen LogP contribution in [0.25, 0.3) is 0 Å². The number of hydrogen-bond acceptors (Lipinski definition) is 5. The molecule has 1 saturated heterocycles. The molecule has 6 nitrogen and oxygen atoms in total. The van der Waals surface area contributed by atoms with E-state index in [9.17, 15) is 4.39 Å². The van der Waals surface area contributed by atoms with Crippen LogP contribution in [0.4, 0.5) is 4.39 Å². The van der Waals surface area contributed by atoms with Crippen LogP contribution >= 0.6 is 0 Å². The van der Waals surface area contributed by atoms with E-state index in [0.717, 1.165) is 63.3 Å². The van der Waals surface area contributed by atoms with Crippen molar-refractivity contribution < 1.29 is 18.6 Å². The topological polar surface area (TPSA) is 48.8 Å². The first kappa shape index (κ1) is 25.2. The van der Waals surface area contributed by atoms with Crippen LogP contribution in [0.1, 0.15) is 36.9 Å². The fraction of sp³-hybridized carbons (Fsp3) is 0.464. The van der Waals surface area contributed by atoms with Gasteiger partial charge in [0.2, 0.25) is 0 Å². The van der Waals surface area contributed by atoms with Gasteiger partial charge in [0.25, 0.3) is 0 Å². The summed E-state index contributed by atoms with van der Waals surface area (Å²) in [6.07, 6.45) is 5.65. The highest BCUT2D eigenvalue weighted by molar-refractivity contribution is 5.27. The Morgan fingerprint density at radius 1 is 1.00 bits per heavy atom. The molecule has 0 spiro atoms. The zero-order valence-corrected chi connectivity index (χ0v) is 20.8. The van der Waals surface area contributed by atoms with Crippen LogP contribution in [0.3, 0.4) is 0 Å². The van der Waals surface area contributed by atoms with Gasteiger partial charge < -0.3 is 14.2 Å². The fourth-order valence-electron chi connectivity index (χ4n) is 4.51. The number of halogens is 1. The minimum atomic E-state index is -0.399. The van der Waals surface area contributed by atoms with E-state index in [-0.39, 0.29) is 11.6 Å². The molecule has 188 valence electrons. The van der Waals surface area contributed by atoms with Gasteiger partial charge in [-0.15, -0.1) is 0 Å². The lowest BCUT2D eigenvalue weighted by Crippen LogP contribution is -2.39. The second kappa shape index (κ2) is 12.2. The minimum Gasteiger partial charge on any atom is -0.494 e. The Kier molecular flexibility index (Phi) is 8.77. The van der Waals surface area contributed by atoms with Gasteiger partial charge in [-0.3, -0.25) is 9.58 Å². The van der Waals surface area contributed by atoms with Gasteiger partial charge in [-0.2, -0.15) is 5.10 Å². The predicted octanol–water partition coefficient (Wildman–Crippen LogP) is 5.25. The van der Waals surface area contributed by atoms with Gasteiger partial charge in [0.1, 0.15) is 18.0 Å². The van der Waals surface area contributed by atoms with E-state index >= 15 is 0 Å². The first-order chi connectivity index (χ1) is 17.0. The molecule has 0 unspecified atom stereocenters. The second-order valence-corrected chi connectivity index (χ2v) is 9.30. The number of rotatable bonds is 11. The fourth-order valence-corrected chi connectivity index (χ4v) is 4.51. The summed E-state index contributed by atoms with van der Waals surface area (Å²) < 4.78 is 33.5. The third-order valence-electron chi connectivity index (χ3n) is 6.65. The number of aryl methyl sites for hydroxylation is 2. The lowest BCUT2D eigenvalue weighted by Gasteiger charge is -2.31. The number of ether oxygens (including phenoxy) is 3. The van der Waals surface area contributed by atoms with Gasteiger partial charge in [-0.05, 0) is 68.6 Å². The maximum absolute atomic E-state index is 14.0. The van der Waals surface area contributed by atoms with E-state index in [1.54, 1.807) is 25.3 Å². The molecule has 1 fully saturated rings. The molecular weight excluding hydrogens is 445 g/mol. The Labute approximate surface area is 207 Å². The van der Waals surface area contributed by atoms with E-state index in [4.69, 9.17) is 14.2 Å². The van der Waals surface area contributed by atoms with Crippen molar-refractivity contribution in [3.8, 4) is 11.5 Å². The number of nitrogens with zero attached hydrogens (tertiary/aromatic N) is 3.